The number of hydrogen-bond donors (Lipinski definition) is 1. The minimum absolute atomic E-state index is 0.709. The van der Waals surface area contributed by atoms with E-state index in [0.717, 1.165) is 24.5 Å². The standard InChI is InChI=1S/C11H20N2OS/c1-8(7-15-4)5-12-6-11-9(2)13-14-10(11)3/h8,12H,5-7H2,1-4H3. The molecule has 0 radical (unpaired) electrons. The third-order valence-electron chi connectivity index (χ3n) is 2.43. The van der Waals surface area contributed by atoms with E-state index in [1.54, 1.807) is 0 Å². The maximum atomic E-state index is 5.11. The molecule has 4 heteroatoms. The maximum Gasteiger partial charge on any atom is 0.138 e. The molecule has 3 nitrogen and oxygen atoms in total. The van der Waals surface area contributed by atoms with Crippen LogP contribution < -0.4 is 5.32 Å². The molecule has 0 fully saturated rings. The predicted octanol–water partition coefficient (Wildman–Crippen LogP) is 2.38. The van der Waals surface area contributed by atoms with Gasteiger partial charge in [-0.2, -0.15) is 11.8 Å². The van der Waals surface area contributed by atoms with Crippen molar-refractivity contribution >= 4 is 11.8 Å². The summed E-state index contributed by atoms with van der Waals surface area (Å²) in [6.45, 7) is 8.11. The van der Waals surface area contributed by atoms with E-state index in [4.69, 9.17) is 4.52 Å². The predicted molar refractivity (Wildman–Crippen MR) is 65.2 cm³/mol. The van der Waals surface area contributed by atoms with E-state index in [-0.39, 0.29) is 0 Å². The van der Waals surface area contributed by atoms with Gasteiger partial charge in [-0.15, -0.1) is 0 Å². The van der Waals surface area contributed by atoms with Crippen LogP contribution in [-0.2, 0) is 6.54 Å². The van der Waals surface area contributed by atoms with Gasteiger partial charge in [0.25, 0.3) is 0 Å². The van der Waals surface area contributed by atoms with E-state index in [9.17, 15) is 0 Å². The zero-order valence-electron chi connectivity index (χ0n) is 9.96. The highest BCUT2D eigenvalue weighted by Gasteiger charge is 2.08. The molecule has 0 bridgehead atoms. The van der Waals surface area contributed by atoms with E-state index in [2.05, 4.69) is 23.7 Å². The van der Waals surface area contributed by atoms with E-state index >= 15 is 0 Å². The van der Waals surface area contributed by atoms with Crippen LogP contribution in [0.25, 0.3) is 0 Å². The van der Waals surface area contributed by atoms with Gasteiger partial charge in [0.1, 0.15) is 5.76 Å². The molecule has 1 atom stereocenters. The van der Waals surface area contributed by atoms with E-state index in [1.807, 2.05) is 25.6 Å². The number of nitrogens with one attached hydrogen (secondary N) is 1. The minimum Gasteiger partial charge on any atom is -0.361 e. The Morgan fingerprint density at radius 3 is 2.73 bits per heavy atom. The van der Waals surface area contributed by atoms with Crippen molar-refractivity contribution in [2.45, 2.75) is 27.3 Å². The Morgan fingerprint density at radius 1 is 1.47 bits per heavy atom. The summed E-state index contributed by atoms with van der Waals surface area (Å²) < 4.78 is 5.11. The van der Waals surface area contributed by atoms with E-state index < -0.39 is 0 Å². The number of thioether (sulfide) groups is 1. The smallest absolute Gasteiger partial charge is 0.138 e. The molecular weight excluding hydrogens is 208 g/mol. The van der Waals surface area contributed by atoms with Crippen LogP contribution in [0.2, 0.25) is 0 Å². The van der Waals surface area contributed by atoms with Gasteiger partial charge in [-0.3, -0.25) is 0 Å². The third kappa shape index (κ3) is 3.87. The summed E-state index contributed by atoms with van der Waals surface area (Å²) >= 11 is 1.89. The summed E-state index contributed by atoms with van der Waals surface area (Å²) in [5, 5.41) is 7.37. The fourth-order valence-corrected chi connectivity index (χ4v) is 2.23. The number of nitrogens with zero attached hydrogens (tertiary/aromatic N) is 1. The SMILES string of the molecule is CSCC(C)CNCc1c(C)noc1C. The summed E-state index contributed by atoms with van der Waals surface area (Å²) in [6, 6.07) is 0. The lowest BCUT2D eigenvalue weighted by Crippen LogP contribution is -2.22. The van der Waals surface area contributed by atoms with Gasteiger partial charge in [-0.25, -0.2) is 0 Å². The number of aromatic nitrogens is 1. The molecule has 1 aromatic rings. The second-order valence-electron chi connectivity index (χ2n) is 3.99. The lowest BCUT2D eigenvalue weighted by Gasteiger charge is -2.10. The molecule has 1 unspecified atom stereocenters. The maximum absolute atomic E-state index is 5.11. The van der Waals surface area contributed by atoms with Gasteiger partial charge in [-0.1, -0.05) is 12.1 Å². The largest absolute Gasteiger partial charge is 0.361 e. The molecule has 1 N–H and O–H groups in total. The molecule has 0 aliphatic rings. The fraction of sp³-hybridized carbons (Fsp3) is 0.727. The molecule has 0 saturated heterocycles. The molecule has 1 heterocycles. The van der Waals surface area contributed by atoms with Crippen LogP contribution in [0.5, 0.6) is 0 Å². The quantitative estimate of drug-likeness (QED) is 0.811. The van der Waals surface area contributed by atoms with Crippen molar-refractivity contribution in [3.05, 3.63) is 17.0 Å². The number of hydrogen-bond acceptors (Lipinski definition) is 4. The van der Waals surface area contributed by atoms with Crippen molar-refractivity contribution in [3.8, 4) is 0 Å². The van der Waals surface area contributed by atoms with Crippen molar-refractivity contribution < 1.29 is 4.52 Å². The average Bonchev–Trinajstić information content (AvgIpc) is 2.49. The number of aryl methyl sites for hydroxylation is 2. The van der Waals surface area contributed by atoms with Gasteiger partial charge in [0, 0.05) is 12.1 Å². The molecule has 0 aromatic carbocycles. The summed E-state index contributed by atoms with van der Waals surface area (Å²) in [7, 11) is 0. The summed E-state index contributed by atoms with van der Waals surface area (Å²) in [4.78, 5) is 0. The first kappa shape index (κ1) is 12.6. The van der Waals surface area contributed by atoms with E-state index in [0.29, 0.717) is 5.92 Å². The monoisotopic (exact) mass is 228 g/mol. The summed E-state index contributed by atoms with van der Waals surface area (Å²) in [6.07, 6.45) is 2.14. The first-order valence-corrected chi connectivity index (χ1v) is 6.66. The molecule has 0 amide bonds. The second kappa shape index (κ2) is 6.18. The average molecular weight is 228 g/mol. The highest BCUT2D eigenvalue weighted by molar-refractivity contribution is 7.98. The second-order valence-corrected chi connectivity index (χ2v) is 4.90. The first-order chi connectivity index (χ1) is 7.15. The van der Waals surface area contributed by atoms with Crippen LogP contribution in [0, 0.1) is 19.8 Å². The van der Waals surface area contributed by atoms with Crippen molar-refractivity contribution in [1.82, 2.24) is 10.5 Å². The third-order valence-corrected chi connectivity index (χ3v) is 3.33. The Hall–Kier alpha value is -0.480. The molecule has 0 aliphatic carbocycles. The van der Waals surface area contributed by atoms with Crippen LogP contribution in [-0.4, -0.2) is 23.7 Å². The van der Waals surface area contributed by atoms with Crippen molar-refractivity contribution in [1.29, 1.82) is 0 Å². The topological polar surface area (TPSA) is 38.1 Å². The van der Waals surface area contributed by atoms with Gasteiger partial charge in [0.2, 0.25) is 0 Å². The van der Waals surface area contributed by atoms with Crippen LogP contribution in [0.3, 0.4) is 0 Å². The summed E-state index contributed by atoms with van der Waals surface area (Å²) in [5.41, 5.74) is 2.20. The fourth-order valence-electron chi connectivity index (χ4n) is 1.54. The van der Waals surface area contributed by atoms with Crippen LogP contribution >= 0.6 is 11.8 Å². The van der Waals surface area contributed by atoms with Crippen LogP contribution in [0.15, 0.2) is 4.52 Å². The molecule has 15 heavy (non-hydrogen) atoms. The zero-order valence-corrected chi connectivity index (χ0v) is 10.8. The Balaban J connectivity index is 2.31. The van der Waals surface area contributed by atoms with Gasteiger partial charge < -0.3 is 9.84 Å². The lowest BCUT2D eigenvalue weighted by molar-refractivity contribution is 0.391. The molecule has 0 spiro atoms. The lowest BCUT2D eigenvalue weighted by atomic mass is 10.2. The highest BCUT2D eigenvalue weighted by Crippen LogP contribution is 2.11. The van der Waals surface area contributed by atoms with Crippen LogP contribution in [0.1, 0.15) is 23.9 Å². The Kier molecular flexibility index (Phi) is 5.19. The zero-order chi connectivity index (χ0) is 11.3. The first-order valence-electron chi connectivity index (χ1n) is 5.26. The van der Waals surface area contributed by atoms with E-state index in [1.165, 1.54) is 11.3 Å². The van der Waals surface area contributed by atoms with Crippen LogP contribution in [0.4, 0.5) is 0 Å². The molecule has 1 rings (SSSR count). The minimum atomic E-state index is 0.709. The highest BCUT2D eigenvalue weighted by atomic mass is 32.2. The molecule has 0 saturated carbocycles. The molecular formula is C11H20N2OS. The van der Waals surface area contributed by atoms with Crippen molar-refractivity contribution in [3.63, 3.8) is 0 Å². The Morgan fingerprint density at radius 2 is 2.20 bits per heavy atom. The normalized spacial score (nSPS) is 13.1. The Labute approximate surface area is 96.0 Å². The van der Waals surface area contributed by atoms with Gasteiger partial charge in [0.15, 0.2) is 0 Å². The summed E-state index contributed by atoms with van der Waals surface area (Å²) in [5.74, 6) is 2.84. The van der Waals surface area contributed by atoms with Crippen molar-refractivity contribution in [2.75, 3.05) is 18.6 Å². The van der Waals surface area contributed by atoms with Crippen molar-refractivity contribution in [2.24, 2.45) is 5.92 Å². The van der Waals surface area contributed by atoms with Gasteiger partial charge >= 0.3 is 0 Å². The molecule has 1 aromatic heterocycles. The molecule has 86 valence electrons. The Bertz CT molecular complexity index is 279. The van der Waals surface area contributed by atoms with Gasteiger partial charge in [0.05, 0.1) is 5.69 Å². The van der Waals surface area contributed by atoms with Gasteiger partial charge in [-0.05, 0) is 38.3 Å². The molecule has 0 aliphatic heterocycles. The number of rotatable bonds is 6.